The lowest BCUT2D eigenvalue weighted by Gasteiger charge is -2.42. The summed E-state index contributed by atoms with van der Waals surface area (Å²) in [7, 11) is 4.52. The number of aliphatic hydroxyl groups excluding tert-OH is 2. The standard InChI is InChI=1S/C51H79NO13/c1-30-16-12-11-13-17-31(2)42(61-8)28-38-21-19-36(7)51(60,65-38)48(57)49(58)52-23-15-14-18-39(52)50(59)64-43(33(4)26-37-20-22-40(53)44(27-37)62-9)29-41(54)32(3)25-35(6)46(56)47(63-10)45(55)34(5)24-30/h11-13,16-17,25,30,32-34,36-40,42-44,46-47,53,56,60H,14-15,18-24,26-29H2,1-10H3/b13-11+,16-12-,31-17+,35-25+/t30-,32-,33-,34-,36-,37+,38?,39+,40-,42+,43+,44-,46-,47+,51-/m1/s1. The van der Waals surface area contributed by atoms with Crippen LogP contribution < -0.4 is 0 Å². The number of carbonyl (C=O) groups excluding carboxylic acids is 5. The van der Waals surface area contributed by atoms with E-state index in [2.05, 4.69) is 0 Å². The molecule has 0 aromatic rings. The van der Waals surface area contributed by atoms with E-state index in [9.17, 15) is 39.3 Å². The molecule has 3 N–H and O–H groups in total. The molecule has 14 heteroatoms. The Balaban J connectivity index is 1.70. The van der Waals surface area contributed by atoms with Gasteiger partial charge in [0.1, 0.15) is 30.1 Å². The van der Waals surface area contributed by atoms with E-state index in [1.165, 1.54) is 12.0 Å². The van der Waals surface area contributed by atoms with E-state index >= 15 is 0 Å². The summed E-state index contributed by atoms with van der Waals surface area (Å²) in [6.07, 6.45) is 11.2. The van der Waals surface area contributed by atoms with Gasteiger partial charge in [0, 0.05) is 58.5 Å². The van der Waals surface area contributed by atoms with E-state index in [1.54, 1.807) is 41.1 Å². The second-order valence-electron chi connectivity index (χ2n) is 19.6. The van der Waals surface area contributed by atoms with E-state index < -0.39 is 83.9 Å². The molecule has 0 aromatic heterocycles. The Morgan fingerprint density at radius 2 is 1.57 bits per heavy atom. The molecule has 14 nitrogen and oxygen atoms in total. The molecular formula is C51H79NO13. The number of aliphatic hydroxyl groups is 3. The minimum atomic E-state index is -2.43. The van der Waals surface area contributed by atoms with Crippen molar-refractivity contribution in [2.75, 3.05) is 27.9 Å². The van der Waals surface area contributed by atoms with Crippen LogP contribution in [0.15, 0.2) is 47.6 Å². The quantitative estimate of drug-likeness (QED) is 0.156. The average Bonchev–Trinajstić information content (AvgIpc) is 3.28. The first kappa shape index (κ1) is 54.2. The molecule has 1 unspecified atom stereocenters. The van der Waals surface area contributed by atoms with Crippen LogP contribution in [0.3, 0.4) is 0 Å². The zero-order chi connectivity index (χ0) is 48.2. The van der Waals surface area contributed by atoms with Crippen LogP contribution in [0.4, 0.5) is 0 Å². The largest absolute Gasteiger partial charge is 0.460 e. The summed E-state index contributed by atoms with van der Waals surface area (Å²) in [6, 6.07) is -1.14. The second kappa shape index (κ2) is 25.1. The number of amides is 1. The summed E-state index contributed by atoms with van der Waals surface area (Å²) in [5, 5.41) is 33.8. The van der Waals surface area contributed by atoms with Crippen LogP contribution in [-0.2, 0) is 47.7 Å². The van der Waals surface area contributed by atoms with Crippen molar-refractivity contribution in [3.05, 3.63) is 47.6 Å². The van der Waals surface area contributed by atoms with Crippen molar-refractivity contribution in [1.29, 1.82) is 0 Å². The van der Waals surface area contributed by atoms with Crippen molar-refractivity contribution in [2.24, 2.45) is 35.5 Å². The highest BCUT2D eigenvalue weighted by Crippen LogP contribution is 2.38. The molecule has 0 radical (unpaired) electrons. The molecule has 1 saturated carbocycles. The molecule has 1 aliphatic carbocycles. The van der Waals surface area contributed by atoms with Crippen molar-refractivity contribution in [1.82, 2.24) is 4.90 Å². The van der Waals surface area contributed by atoms with Crippen molar-refractivity contribution >= 4 is 29.2 Å². The Labute approximate surface area is 387 Å². The van der Waals surface area contributed by atoms with Crippen molar-refractivity contribution in [2.45, 2.75) is 180 Å². The van der Waals surface area contributed by atoms with E-state index in [0.717, 1.165) is 12.0 Å². The van der Waals surface area contributed by atoms with Crippen molar-refractivity contribution in [3.8, 4) is 0 Å². The highest BCUT2D eigenvalue weighted by Gasteiger charge is 2.53. The number of cyclic esters (lactones) is 1. The normalized spacial score (nSPS) is 40.4. The van der Waals surface area contributed by atoms with Crippen LogP contribution in [0.2, 0.25) is 0 Å². The van der Waals surface area contributed by atoms with Crippen molar-refractivity contribution < 1.29 is 63.0 Å². The monoisotopic (exact) mass is 914 g/mol. The number of rotatable bonds is 6. The molecule has 65 heavy (non-hydrogen) atoms. The number of hydrogen-bond acceptors (Lipinski definition) is 13. The third kappa shape index (κ3) is 14.3. The van der Waals surface area contributed by atoms with E-state index in [1.807, 2.05) is 58.1 Å². The van der Waals surface area contributed by atoms with Gasteiger partial charge < -0.3 is 43.9 Å². The predicted octanol–water partition coefficient (Wildman–Crippen LogP) is 6.18. The van der Waals surface area contributed by atoms with Crippen LogP contribution in [0.5, 0.6) is 0 Å². The Hall–Kier alpha value is -3.37. The topological polar surface area (TPSA) is 195 Å². The van der Waals surface area contributed by atoms with Crippen LogP contribution in [0, 0.1) is 35.5 Å². The number of ether oxygens (including phenoxy) is 5. The molecule has 3 aliphatic heterocycles. The number of ketones is 3. The number of nitrogens with zero attached hydrogens (tertiary/aromatic N) is 1. The lowest BCUT2D eigenvalue weighted by Crippen LogP contribution is -2.61. The van der Waals surface area contributed by atoms with Gasteiger partial charge in [0.05, 0.1) is 24.4 Å². The Bertz CT molecular complexity index is 1760. The van der Waals surface area contributed by atoms with Gasteiger partial charge in [-0.1, -0.05) is 71.1 Å². The van der Waals surface area contributed by atoms with Gasteiger partial charge in [0.25, 0.3) is 11.7 Å². The number of fused-ring (bicyclic) bond motifs is 3. The van der Waals surface area contributed by atoms with E-state index in [-0.39, 0.29) is 54.8 Å². The summed E-state index contributed by atoms with van der Waals surface area (Å²) in [5.74, 6) is -7.96. The van der Waals surface area contributed by atoms with E-state index in [0.29, 0.717) is 63.4 Å². The predicted molar refractivity (Wildman–Crippen MR) is 245 cm³/mol. The number of carbonyl (C=O) groups is 5. The molecule has 3 heterocycles. The maximum absolute atomic E-state index is 14.4. The fraction of sp³-hybridized carbons (Fsp3) is 0.745. The minimum absolute atomic E-state index is 0.0193. The number of allylic oxidation sites excluding steroid dienone is 6. The fourth-order valence-electron chi connectivity index (χ4n) is 10.1. The molecule has 0 spiro atoms. The highest BCUT2D eigenvalue weighted by atomic mass is 16.6. The Morgan fingerprint density at radius 1 is 0.846 bits per heavy atom. The number of hydrogen-bond donors (Lipinski definition) is 3. The van der Waals surface area contributed by atoms with Crippen LogP contribution in [0.25, 0.3) is 0 Å². The molecule has 1 amide bonds. The first-order valence-corrected chi connectivity index (χ1v) is 23.9. The van der Waals surface area contributed by atoms with Gasteiger partial charge in [0.2, 0.25) is 5.79 Å². The first-order chi connectivity index (χ1) is 30.7. The SMILES string of the molecule is CO[C@H]1CC2CC[C@@H](C)[C@@](O)(O2)C(=O)C(=O)N2CCCC[C@H]2C(=O)O[C@H]([C@H](C)C[C@@H]2CC[C@@H](O)[C@H](OC)C2)CC(=O)[C@H](C)/C=C(\C)[C@@H](O)[C@@H](OC)C(=O)[C@H](C)C[C@H](C)\C=C/C=C/C=C/1C. The summed E-state index contributed by atoms with van der Waals surface area (Å²) < 4.78 is 29.4. The molecule has 3 fully saturated rings. The molecule has 0 aromatic carbocycles. The van der Waals surface area contributed by atoms with Gasteiger partial charge in [-0.05, 0) is 107 Å². The first-order valence-electron chi connectivity index (χ1n) is 23.9. The fourth-order valence-corrected chi connectivity index (χ4v) is 10.1. The maximum atomic E-state index is 14.4. The smallest absolute Gasteiger partial charge is 0.329 e. The van der Waals surface area contributed by atoms with E-state index in [4.69, 9.17) is 23.7 Å². The van der Waals surface area contributed by atoms with Gasteiger partial charge in [-0.25, -0.2) is 4.79 Å². The lowest BCUT2D eigenvalue weighted by atomic mass is 9.78. The van der Waals surface area contributed by atoms with Gasteiger partial charge >= 0.3 is 5.97 Å². The Morgan fingerprint density at radius 3 is 2.25 bits per heavy atom. The van der Waals surface area contributed by atoms with Gasteiger partial charge in [0.15, 0.2) is 5.78 Å². The minimum Gasteiger partial charge on any atom is -0.460 e. The van der Waals surface area contributed by atoms with Crippen LogP contribution >= 0.6 is 0 Å². The number of piperidine rings is 1. The third-order valence-electron chi connectivity index (χ3n) is 14.5. The average molecular weight is 914 g/mol. The Kier molecular flexibility index (Phi) is 21.0. The van der Waals surface area contributed by atoms with Gasteiger partial charge in [-0.3, -0.25) is 19.2 Å². The number of methoxy groups -OCH3 is 3. The molecule has 2 bridgehead atoms. The lowest BCUT2D eigenvalue weighted by molar-refractivity contribution is -0.265. The molecule has 15 atom stereocenters. The molecule has 4 rings (SSSR count). The van der Waals surface area contributed by atoms with Crippen LogP contribution in [0.1, 0.15) is 126 Å². The van der Waals surface area contributed by atoms with Crippen molar-refractivity contribution in [3.63, 3.8) is 0 Å². The molecule has 2 saturated heterocycles. The summed E-state index contributed by atoms with van der Waals surface area (Å²) in [6.45, 7) is 12.7. The third-order valence-corrected chi connectivity index (χ3v) is 14.5. The van der Waals surface area contributed by atoms with Gasteiger partial charge in [-0.15, -0.1) is 0 Å². The zero-order valence-corrected chi connectivity index (χ0v) is 40.6. The zero-order valence-electron chi connectivity index (χ0n) is 40.6. The van der Waals surface area contributed by atoms with Gasteiger partial charge in [-0.2, -0.15) is 0 Å². The highest BCUT2D eigenvalue weighted by molar-refractivity contribution is 6.39. The summed E-state index contributed by atoms with van der Waals surface area (Å²) >= 11 is 0. The number of esters is 1. The van der Waals surface area contributed by atoms with Crippen LogP contribution in [-0.4, -0.2) is 132 Å². The molecule has 366 valence electrons. The second-order valence-corrected chi connectivity index (χ2v) is 19.6. The maximum Gasteiger partial charge on any atom is 0.329 e. The summed E-state index contributed by atoms with van der Waals surface area (Å²) in [5.41, 5.74) is 1.27. The number of Topliss-reactive ketones (excluding diaryl/α,β-unsaturated/α-hetero) is 3. The molecule has 4 aliphatic rings. The summed E-state index contributed by atoms with van der Waals surface area (Å²) in [4.78, 5) is 71.8. The molecular weight excluding hydrogens is 835 g/mol.